The third-order valence-electron chi connectivity index (χ3n) is 2.89. The van der Waals surface area contributed by atoms with E-state index in [1.54, 1.807) is 12.1 Å². The van der Waals surface area contributed by atoms with E-state index in [0.717, 1.165) is 9.64 Å². The summed E-state index contributed by atoms with van der Waals surface area (Å²) in [6, 6.07) is 8.49. The largest absolute Gasteiger partial charge is 0.420 e. The van der Waals surface area contributed by atoms with Crippen LogP contribution in [0.25, 0.3) is 11.1 Å². The van der Waals surface area contributed by atoms with Crippen LogP contribution in [0.5, 0.6) is 0 Å². The molecular formula is C14H8F2INO2. The van der Waals surface area contributed by atoms with E-state index in [0.29, 0.717) is 16.7 Å². The first kappa shape index (κ1) is 13.3. The van der Waals surface area contributed by atoms with E-state index < -0.39 is 17.4 Å². The van der Waals surface area contributed by atoms with Gasteiger partial charge in [-0.3, -0.25) is 4.57 Å². The maximum atomic E-state index is 13.2. The van der Waals surface area contributed by atoms with Crippen LogP contribution >= 0.6 is 22.6 Å². The first-order valence-electron chi connectivity index (χ1n) is 5.77. The maximum absolute atomic E-state index is 13.2. The van der Waals surface area contributed by atoms with Gasteiger partial charge in [-0.2, -0.15) is 0 Å². The fourth-order valence-electron chi connectivity index (χ4n) is 2.07. The number of hydrogen-bond donors (Lipinski definition) is 0. The molecule has 0 radical (unpaired) electrons. The highest BCUT2D eigenvalue weighted by atomic mass is 127. The number of benzene rings is 2. The van der Waals surface area contributed by atoms with Gasteiger partial charge in [0.15, 0.2) is 5.58 Å². The zero-order chi connectivity index (χ0) is 14.3. The number of oxazole rings is 1. The average molecular weight is 387 g/mol. The van der Waals surface area contributed by atoms with Gasteiger partial charge in [0.1, 0.15) is 11.6 Å². The second kappa shape index (κ2) is 5.01. The summed E-state index contributed by atoms with van der Waals surface area (Å²) in [5, 5.41) is 0. The van der Waals surface area contributed by atoms with Crippen LogP contribution in [0.4, 0.5) is 8.78 Å². The molecule has 0 aliphatic carbocycles. The molecule has 1 aromatic heterocycles. The Morgan fingerprint density at radius 1 is 1.10 bits per heavy atom. The van der Waals surface area contributed by atoms with Crippen LogP contribution in [-0.2, 0) is 6.54 Å². The molecule has 0 fully saturated rings. The molecule has 0 aliphatic rings. The van der Waals surface area contributed by atoms with Crippen molar-refractivity contribution in [1.82, 2.24) is 4.57 Å². The molecule has 1 heterocycles. The van der Waals surface area contributed by atoms with Crippen LogP contribution in [0, 0.1) is 15.2 Å². The van der Waals surface area contributed by atoms with Crippen molar-refractivity contribution in [3.63, 3.8) is 0 Å². The van der Waals surface area contributed by atoms with Gasteiger partial charge in [-0.15, -0.1) is 0 Å². The Bertz CT molecular complexity index is 834. The maximum Gasteiger partial charge on any atom is 0.420 e. The number of fused-ring (bicyclic) bond motifs is 1. The summed E-state index contributed by atoms with van der Waals surface area (Å²) in [6.45, 7) is 0.0562. The Hall–Kier alpha value is -1.70. The number of aromatic nitrogens is 1. The van der Waals surface area contributed by atoms with Crippen LogP contribution in [0.3, 0.4) is 0 Å². The molecule has 20 heavy (non-hydrogen) atoms. The fourth-order valence-corrected chi connectivity index (χ4v) is 2.54. The third-order valence-corrected chi connectivity index (χ3v) is 3.56. The monoisotopic (exact) mass is 387 g/mol. The lowest BCUT2D eigenvalue weighted by Crippen LogP contribution is -2.15. The Balaban J connectivity index is 2.12. The van der Waals surface area contributed by atoms with Gasteiger partial charge in [-0.1, -0.05) is 0 Å². The first-order valence-corrected chi connectivity index (χ1v) is 6.85. The molecule has 0 bridgehead atoms. The molecule has 6 heteroatoms. The van der Waals surface area contributed by atoms with Gasteiger partial charge in [0.05, 0.1) is 12.1 Å². The molecule has 0 saturated carbocycles. The van der Waals surface area contributed by atoms with Crippen molar-refractivity contribution in [3.05, 3.63) is 67.7 Å². The summed E-state index contributed by atoms with van der Waals surface area (Å²) in [7, 11) is 0. The van der Waals surface area contributed by atoms with Gasteiger partial charge in [0.25, 0.3) is 0 Å². The van der Waals surface area contributed by atoms with Gasteiger partial charge in [-0.25, -0.2) is 13.6 Å². The Morgan fingerprint density at radius 2 is 1.80 bits per heavy atom. The zero-order valence-corrected chi connectivity index (χ0v) is 12.2. The molecule has 0 spiro atoms. The smallest absolute Gasteiger partial charge is 0.408 e. The summed E-state index contributed by atoms with van der Waals surface area (Å²) in [4.78, 5) is 11.8. The fraction of sp³-hybridized carbons (Fsp3) is 0.0714. The third kappa shape index (κ3) is 2.47. The van der Waals surface area contributed by atoms with Gasteiger partial charge >= 0.3 is 5.76 Å². The molecule has 2 aromatic carbocycles. The highest BCUT2D eigenvalue weighted by molar-refractivity contribution is 14.1. The van der Waals surface area contributed by atoms with E-state index in [9.17, 15) is 13.6 Å². The standard InChI is InChI=1S/C14H8F2INO2/c15-9-3-8(4-10(16)5-9)7-18-12-6-11(17)1-2-13(12)20-14(18)19/h1-6H,7H2. The second-order valence-corrected chi connectivity index (χ2v) is 5.59. The molecule has 0 saturated heterocycles. The number of nitrogens with zero attached hydrogens (tertiary/aromatic N) is 1. The topological polar surface area (TPSA) is 35.1 Å². The minimum atomic E-state index is -0.671. The highest BCUT2D eigenvalue weighted by Crippen LogP contribution is 2.18. The first-order chi connectivity index (χ1) is 9.52. The van der Waals surface area contributed by atoms with Crippen LogP contribution in [-0.4, -0.2) is 4.57 Å². The number of rotatable bonds is 2. The predicted molar refractivity (Wildman–Crippen MR) is 78.7 cm³/mol. The quantitative estimate of drug-likeness (QED) is 0.631. The second-order valence-electron chi connectivity index (χ2n) is 4.34. The number of hydrogen-bond acceptors (Lipinski definition) is 2. The van der Waals surface area contributed by atoms with Crippen molar-refractivity contribution in [1.29, 1.82) is 0 Å². The zero-order valence-electron chi connectivity index (χ0n) is 10.1. The van der Waals surface area contributed by atoms with Crippen molar-refractivity contribution in [3.8, 4) is 0 Å². The van der Waals surface area contributed by atoms with Gasteiger partial charge < -0.3 is 4.42 Å². The summed E-state index contributed by atoms with van der Waals surface area (Å²) in [6.07, 6.45) is 0. The summed E-state index contributed by atoms with van der Waals surface area (Å²) >= 11 is 2.12. The molecular weight excluding hydrogens is 379 g/mol. The molecule has 0 N–H and O–H groups in total. The van der Waals surface area contributed by atoms with Crippen molar-refractivity contribution in [2.24, 2.45) is 0 Å². The van der Waals surface area contributed by atoms with E-state index in [4.69, 9.17) is 4.42 Å². The number of halogens is 3. The molecule has 0 atom stereocenters. The van der Waals surface area contributed by atoms with Crippen molar-refractivity contribution in [2.75, 3.05) is 0 Å². The van der Waals surface area contributed by atoms with E-state index in [-0.39, 0.29) is 6.54 Å². The Kier molecular flexibility index (Phi) is 3.33. The minimum Gasteiger partial charge on any atom is -0.408 e. The average Bonchev–Trinajstić information content (AvgIpc) is 2.65. The van der Waals surface area contributed by atoms with Gasteiger partial charge in [0, 0.05) is 9.64 Å². The van der Waals surface area contributed by atoms with E-state index in [1.807, 2.05) is 6.07 Å². The van der Waals surface area contributed by atoms with E-state index in [2.05, 4.69) is 22.6 Å². The Labute approximate surface area is 126 Å². The summed E-state index contributed by atoms with van der Waals surface area (Å²) < 4.78 is 33.8. The molecule has 0 amide bonds. The lowest BCUT2D eigenvalue weighted by molar-refractivity contribution is 0.515. The van der Waals surface area contributed by atoms with Crippen LogP contribution < -0.4 is 5.76 Å². The van der Waals surface area contributed by atoms with Crippen molar-refractivity contribution < 1.29 is 13.2 Å². The molecule has 3 aromatic rings. The predicted octanol–water partition coefficient (Wildman–Crippen LogP) is 3.53. The molecule has 3 nitrogen and oxygen atoms in total. The normalized spacial score (nSPS) is 11.2. The van der Waals surface area contributed by atoms with Crippen LogP contribution in [0.2, 0.25) is 0 Å². The van der Waals surface area contributed by atoms with E-state index in [1.165, 1.54) is 16.7 Å². The highest BCUT2D eigenvalue weighted by Gasteiger charge is 2.11. The lowest BCUT2D eigenvalue weighted by atomic mass is 10.2. The van der Waals surface area contributed by atoms with Gasteiger partial charge in [-0.05, 0) is 58.5 Å². The van der Waals surface area contributed by atoms with Crippen molar-refractivity contribution >= 4 is 33.7 Å². The SMILES string of the molecule is O=c1oc2ccc(I)cc2n1Cc1cc(F)cc(F)c1. The lowest BCUT2D eigenvalue weighted by Gasteiger charge is -2.03. The van der Waals surface area contributed by atoms with Gasteiger partial charge in [0.2, 0.25) is 0 Å². The van der Waals surface area contributed by atoms with Crippen molar-refractivity contribution in [2.45, 2.75) is 6.54 Å². The van der Waals surface area contributed by atoms with E-state index >= 15 is 0 Å². The van der Waals surface area contributed by atoms with Crippen LogP contribution in [0.1, 0.15) is 5.56 Å². The molecule has 3 rings (SSSR count). The minimum absolute atomic E-state index is 0.0562. The van der Waals surface area contributed by atoms with Crippen LogP contribution in [0.15, 0.2) is 45.6 Å². The summed E-state index contributed by atoms with van der Waals surface area (Å²) in [5.41, 5.74) is 1.42. The Morgan fingerprint density at radius 3 is 2.50 bits per heavy atom. The molecule has 0 aliphatic heterocycles. The molecule has 0 unspecified atom stereocenters. The molecule has 102 valence electrons. The summed E-state index contributed by atoms with van der Waals surface area (Å²) in [5.74, 6) is -1.89.